The van der Waals surface area contributed by atoms with Crippen LogP contribution in [0.4, 0.5) is 0 Å². The molecule has 108 valence electrons. The van der Waals surface area contributed by atoms with Crippen LogP contribution in [0.15, 0.2) is 12.5 Å². The molecular formula is C11H20N4O3S. The van der Waals surface area contributed by atoms with Crippen LogP contribution in [0.3, 0.4) is 0 Å². The van der Waals surface area contributed by atoms with Gasteiger partial charge < -0.3 is 9.30 Å². The summed E-state index contributed by atoms with van der Waals surface area (Å²) in [6, 6.07) is 0. The number of methoxy groups -OCH3 is 1. The van der Waals surface area contributed by atoms with Crippen molar-refractivity contribution in [2.45, 2.75) is 13.1 Å². The van der Waals surface area contributed by atoms with Gasteiger partial charge in [-0.05, 0) is 0 Å². The summed E-state index contributed by atoms with van der Waals surface area (Å²) in [5.74, 6) is 0.121. The third kappa shape index (κ3) is 2.97. The van der Waals surface area contributed by atoms with Crippen LogP contribution in [-0.4, -0.2) is 60.9 Å². The van der Waals surface area contributed by atoms with E-state index in [0.717, 1.165) is 12.2 Å². The summed E-state index contributed by atoms with van der Waals surface area (Å²) >= 11 is 0. The summed E-state index contributed by atoms with van der Waals surface area (Å²) in [6.45, 7) is 2.05. The first kappa shape index (κ1) is 14.4. The molecule has 0 spiro atoms. The van der Waals surface area contributed by atoms with E-state index in [-0.39, 0.29) is 5.92 Å². The predicted octanol–water partition coefficient (Wildman–Crippen LogP) is -0.232. The maximum absolute atomic E-state index is 12.3. The van der Waals surface area contributed by atoms with Crippen LogP contribution in [0, 0.1) is 5.92 Å². The zero-order valence-corrected chi connectivity index (χ0v) is 12.3. The molecule has 0 saturated carbocycles. The Morgan fingerprint density at radius 2 is 2.21 bits per heavy atom. The predicted molar refractivity (Wildman–Crippen MR) is 70.6 cm³/mol. The first-order chi connectivity index (χ1) is 8.95. The van der Waals surface area contributed by atoms with Crippen LogP contribution in [0.1, 0.15) is 5.69 Å². The minimum absolute atomic E-state index is 0.121. The van der Waals surface area contributed by atoms with Gasteiger partial charge in [0, 0.05) is 46.4 Å². The Hall–Kier alpha value is -0.960. The van der Waals surface area contributed by atoms with Gasteiger partial charge in [-0.1, -0.05) is 0 Å². The van der Waals surface area contributed by atoms with E-state index >= 15 is 0 Å². The van der Waals surface area contributed by atoms with Crippen molar-refractivity contribution in [1.29, 1.82) is 0 Å². The lowest BCUT2D eigenvalue weighted by Gasteiger charge is -2.26. The van der Waals surface area contributed by atoms with E-state index in [9.17, 15) is 8.42 Å². The van der Waals surface area contributed by atoms with Gasteiger partial charge in [0.2, 0.25) is 0 Å². The fourth-order valence-electron chi connectivity index (χ4n) is 2.26. The number of hydrogen-bond donors (Lipinski definition) is 0. The normalized spacial score (nSPS) is 21.4. The third-order valence-corrected chi connectivity index (χ3v) is 5.10. The van der Waals surface area contributed by atoms with Crippen LogP contribution in [0.2, 0.25) is 0 Å². The van der Waals surface area contributed by atoms with Crippen LogP contribution in [0.25, 0.3) is 0 Å². The second-order valence-electron chi connectivity index (χ2n) is 4.94. The quantitative estimate of drug-likeness (QED) is 0.767. The van der Waals surface area contributed by atoms with Crippen LogP contribution < -0.4 is 0 Å². The van der Waals surface area contributed by atoms with Crippen LogP contribution >= 0.6 is 0 Å². The molecule has 1 unspecified atom stereocenters. The summed E-state index contributed by atoms with van der Waals surface area (Å²) in [6.07, 6.45) is 3.46. The van der Waals surface area contributed by atoms with Gasteiger partial charge in [-0.3, -0.25) is 0 Å². The van der Waals surface area contributed by atoms with E-state index in [0.29, 0.717) is 19.7 Å². The molecule has 2 heterocycles. The van der Waals surface area contributed by atoms with Crippen LogP contribution in [-0.2, 0) is 28.0 Å². The summed E-state index contributed by atoms with van der Waals surface area (Å²) in [7, 11) is 1.29. The molecule has 8 heteroatoms. The molecule has 0 saturated heterocycles. The average Bonchev–Trinajstić information content (AvgIpc) is 2.68. The highest BCUT2D eigenvalue weighted by Crippen LogP contribution is 2.20. The Bertz CT molecular complexity index is 526. The van der Waals surface area contributed by atoms with Gasteiger partial charge in [-0.15, -0.1) is 0 Å². The van der Waals surface area contributed by atoms with Crippen molar-refractivity contribution in [3.8, 4) is 0 Å². The number of aromatic nitrogens is 2. The summed E-state index contributed by atoms with van der Waals surface area (Å²) in [4.78, 5) is 4.09. The zero-order valence-electron chi connectivity index (χ0n) is 11.5. The SMILES string of the molecule is COCC1CN(S(=O)(=O)N(C)C)Cc2cncn2C1. The Labute approximate surface area is 114 Å². The number of rotatable bonds is 4. The molecule has 0 fully saturated rings. The van der Waals surface area contributed by atoms with E-state index in [1.165, 1.54) is 8.61 Å². The van der Waals surface area contributed by atoms with Crippen LogP contribution in [0.5, 0.6) is 0 Å². The van der Waals surface area contributed by atoms with Crippen molar-refractivity contribution in [3.05, 3.63) is 18.2 Å². The molecule has 7 nitrogen and oxygen atoms in total. The molecule has 19 heavy (non-hydrogen) atoms. The number of nitrogens with zero attached hydrogens (tertiary/aromatic N) is 4. The zero-order chi connectivity index (χ0) is 14.0. The molecule has 0 aliphatic carbocycles. The molecule has 0 N–H and O–H groups in total. The molecule has 1 aromatic rings. The topological polar surface area (TPSA) is 67.7 Å². The van der Waals surface area contributed by atoms with E-state index in [1.807, 2.05) is 4.57 Å². The van der Waals surface area contributed by atoms with E-state index in [1.54, 1.807) is 33.7 Å². The minimum atomic E-state index is -3.43. The van der Waals surface area contributed by atoms with Gasteiger partial charge in [0.05, 0.1) is 25.2 Å². The van der Waals surface area contributed by atoms with Crippen molar-refractivity contribution >= 4 is 10.2 Å². The van der Waals surface area contributed by atoms with Crippen molar-refractivity contribution in [3.63, 3.8) is 0 Å². The Morgan fingerprint density at radius 3 is 2.84 bits per heavy atom. The molecule has 0 bridgehead atoms. The first-order valence-corrected chi connectivity index (χ1v) is 7.50. The highest BCUT2D eigenvalue weighted by molar-refractivity contribution is 7.86. The maximum Gasteiger partial charge on any atom is 0.281 e. The van der Waals surface area contributed by atoms with E-state index < -0.39 is 10.2 Å². The maximum atomic E-state index is 12.3. The Morgan fingerprint density at radius 1 is 1.47 bits per heavy atom. The second kappa shape index (κ2) is 5.58. The highest BCUT2D eigenvalue weighted by Gasteiger charge is 2.31. The minimum Gasteiger partial charge on any atom is -0.384 e. The molecule has 0 radical (unpaired) electrons. The fourth-order valence-corrected chi connectivity index (χ4v) is 3.42. The number of imidazole rings is 1. The molecule has 0 aromatic carbocycles. The average molecular weight is 288 g/mol. The van der Waals surface area contributed by atoms with Crippen molar-refractivity contribution in [2.24, 2.45) is 5.92 Å². The van der Waals surface area contributed by atoms with Crippen molar-refractivity contribution in [2.75, 3.05) is 34.4 Å². The monoisotopic (exact) mass is 288 g/mol. The Balaban J connectivity index is 2.30. The summed E-state index contributed by atoms with van der Waals surface area (Å²) in [5.41, 5.74) is 0.907. The van der Waals surface area contributed by atoms with E-state index in [4.69, 9.17) is 4.74 Å². The summed E-state index contributed by atoms with van der Waals surface area (Å²) in [5, 5.41) is 0. The van der Waals surface area contributed by atoms with Gasteiger partial charge in [0.15, 0.2) is 0 Å². The third-order valence-electron chi connectivity index (χ3n) is 3.24. The summed E-state index contributed by atoms with van der Waals surface area (Å²) < 4.78 is 34.5. The molecular weight excluding hydrogens is 268 g/mol. The van der Waals surface area contributed by atoms with Gasteiger partial charge in [-0.25, -0.2) is 4.98 Å². The highest BCUT2D eigenvalue weighted by atomic mass is 32.2. The number of ether oxygens (including phenoxy) is 1. The smallest absolute Gasteiger partial charge is 0.281 e. The molecule has 1 aliphatic heterocycles. The lowest BCUT2D eigenvalue weighted by molar-refractivity contribution is 0.134. The standard InChI is InChI=1S/C11H20N4O3S/c1-13(2)19(16,17)15-6-10(8-18-3)5-14-9-12-4-11(14)7-15/h4,9-10H,5-8H2,1-3H3. The second-order valence-corrected chi connectivity index (χ2v) is 7.08. The van der Waals surface area contributed by atoms with Gasteiger partial charge >= 0.3 is 0 Å². The lowest BCUT2D eigenvalue weighted by atomic mass is 10.1. The van der Waals surface area contributed by atoms with Gasteiger partial charge in [0.1, 0.15) is 0 Å². The number of fused-ring (bicyclic) bond motifs is 1. The Kier molecular flexibility index (Phi) is 4.24. The largest absolute Gasteiger partial charge is 0.384 e. The fraction of sp³-hybridized carbons (Fsp3) is 0.727. The first-order valence-electron chi connectivity index (χ1n) is 6.10. The van der Waals surface area contributed by atoms with Crippen molar-refractivity contribution in [1.82, 2.24) is 18.2 Å². The molecule has 1 atom stereocenters. The molecule has 1 aliphatic rings. The number of hydrogen-bond acceptors (Lipinski definition) is 4. The van der Waals surface area contributed by atoms with Crippen molar-refractivity contribution < 1.29 is 13.2 Å². The molecule has 2 rings (SSSR count). The van der Waals surface area contributed by atoms with Gasteiger partial charge in [0.25, 0.3) is 10.2 Å². The molecule has 1 aromatic heterocycles. The lowest BCUT2D eigenvalue weighted by Crippen LogP contribution is -2.42. The van der Waals surface area contributed by atoms with E-state index in [2.05, 4.69) is 4.98 Å². The van der Waals surface area contributed by atoms with Gasteiger partial charge in [-0.2, -0.15) is 17.0 Å². The molecule has 0 amide bonds.